The van der Waals surface area contributed by atoms with Crippen molar-refractivity contribution in [1.82, 2.24) is 4.98 Å². The van der Waals surface area contributed by atoms with E-state index in [4.69, 9.17) is 10.5 Å². The third-order valence-electron chi connectivity index (χ3n) is 2.51. The van der Waals surface area contributed by atoms with Gasteiger partial charge in [-0.05, 0) is 12.5 Å². The number of ether oxygens (including phenoxy) is 1. The van der Waals surface area contributed by atoms with E-state index in [9.17, 15) is 0 Å². The topological polar surface area (TPSA) is 48.1 Å². The van der Waals surface area contributed by atoms with E-state index in [1.807, 2.05) is 12.1 Å². The van der Waals surface area contributed by atoms with Crippen LogP contribution in [-0.4, -0.2) is 12.1 Å². The van der Waals surface area contributed by atoms with E-state index in [1.54, 1.807) is 13.3 Å². The van der Waals surface area contributed by atoms with Crippen molar-refractivity contribution in [2.75, 3.05) is 7.11 Å². The van der Waals surface area contributed by atoms with E-state index in [-0.39, 0.29) is 6.04 Å². The van der Waals surface area contributed by atoms with Crippen LogP contribution in [0.1, 0.15) is 44.2 Å². The lowest BCUT2D eigenvalue weighted by molar-refractivity contribution is 0.386. The quantitative estimate of drug-likeness (QED) is 0.731. The Balaban J connectivity index is 2.59. The number of methoxy groups -OCH3 is 1. The highest BCUT2D eigenvalue weighted by atomic mass is 16.5. The molecule has 1 rings (SSSR count). The maximum absolute atomic E-state index is 6.09. The molecule has 0 radical (unpaired) electrons. The second-order valence-corrected chi connectivity index (χ2v) is 3.70. The normalized spacial score (nSPS) is 12.5. The number of hydrogen-bond donors (Lipinski definition) is 1. The molecule has 3 nitrogen and oxygen atoms in total. The third-order valence-corrected chi connectivity index (χ3v) is 2.51. The van der Waals surface area contributed by atoms with Gasteiger partial charge in [0.1, 0.15) is 0 Å². The fourth-order valence-corrected chi connectivity index (χ4v) is 1.63. The molecule has 0 fully saturated rings. The van der Waals surface area contributed by atoms with Gasteiger partial charge in [-0.15, -0.1) is 0 Å². The lowest BCUT2D eigenvalue weighted by Gasteiger charge is -2.14. The minimum atomic E-state index is 0.0419. The zero-order valence-electron chi connectivity index (χ0n) is 9.57. The van der Waals surface area contributed by atoms with Crippen LogP contribution in [0.3, 0.4) is 0 Å². The summed E-state index contributed by atoms with van der Waals surface area (Å²) in [6.07, 6.45) is 6.33. The molecule has 1 aromatic heterocycles. The van der Waals surface area contributed by atoms with Gasteiger partial charge in [0, 0.05) is 17.8 Å². The van der Waals surface area contributed by atoms with Gasteiger partial charge in [-0.2, -0.15) is 0 Å². The van der Waals surface area contributed by atoms with E-state index >= 15 is 0 Å². The number of unbranched alkanes of at least 4 members (excludes halogenated alkanes) is 2. The van der Waals surface area contributed by atoms with E-state index in [2.05, 4.69) is 11.9 Å². The van der Waals surface area contributed by atoms with Crippen LogP contribution >= 0.6 is 0 Å². The summed E-state index contributed by atoms with van der Waals surface area (Å²) in [6, 6.07) is 3.93. The Kier molecular flexibility index (Phi) is 5.12. The Hall–Kier alpha value is -1.09. The summed E-state index contributed by atoms with van der Waals surface area (Å²) in [4.78, 5) is 4.14. The van der Waals surface area contributed by atoms with Crippen molar-refractivity contribution in [3.05, 3.63) is 23.9 Å². The van der Waals surface area contributed by atoms with Crippen molar-refractivity contribution < 1.29 is 4.74 Å². The van der Waals surface area contributed by atoms with Gasteiger partial charge in [-0.1, -0.05) is 32.3 Å². The second-order valence-electron chi connectivity index (χ2n) is 3.70. The number of aromatic nitrogens is 1. The van der Waals surface area contributed by atoms with Crippen LogP contribution in [0.25, 0.3) is 0 Å². The van der Waals surface area contributed by atoms with Gasteiger partial charge < -0.3 is 10.5 Å². The summed E-state index contributed by atoms with van der Waals surface area (Å²) >= 11 is 0. The summed E-state index contributed by atoms with van der Waals surface area (Å²) < 4.78 is 5.18. The molecule has 84 valence electrons. The van der Waals surface area contributed by atoms with Crippen LogP contribution in [0, 0.1) is 0 Å². The molecule has 2 N–H and O–H groups in total. The van der Waals surface area contributed by atoms with Gasteiger partial charge in [-0.3, -0.25) is 0 Å². The zero-order valence-corrected chi connectivity index (χ0v) is 9.57. The molecule has 1 aromatic rings. The lowest BCUT2D eigenvalue weighted by atomic mass is 10.0. The average molecular weight is 208 g/mol. The second kappa shape index (κ2) is 6.40. The van der Waals surface area contributed by atoms with Gasteiger partial charge >= 0.3 is 0 Å². The SMILES string of the molecule is CCCCCC(N)c1cccnc1OC. The Morgan fingerprint density at radius 1 is 1.47 bits per heavy atom. The number of pyridine rings is 1. The molecule has 1 heterocycles. The van der Waals surface area contributed by atoms with Crippen LogP contribution in [-0.2, 0) is 0 Å². The van der Waals surface area contributed by atoms with E-state index < -0.39 is 0 Å². The molecule has 1 atom stereocenters. The predicted molar refractivity (Wildman–Crippen MR) is 61.9 cm³/mol. The van der Waals surface area contributed by atoms with Crippen molar-refractivity contribution in [3.63, 3.8) is 0 Å². The van der Waals surface area contributed by atoms with Crippen LogP contribution in [0.4, 0.5) is 0 Å². The van der Waals surface area contributed by atoms with Crippen LogP contribution in [0.2, 0.25) is 0 Å². The van der Waals surface area contributed by atoms with Crippen molar-refractivity contribution in [2.24, 2.45) is 5.73 Å². The molecular formula is C12H20N2O. The first kappa shape index (κ1) is 12.0. The Morgan fingerprint density at radius 2 is 2.27 bits per heavy atom. The summed E-state index contributed by atoms with van der Waals surface area (Å²) in [5.74, 6) is 0.654. The summed E-state index contributed by atoms with van der Waals surface area (Å²) in [5, 5.41) is 0. The highest BCUT2D eigenvalue weighted by Crippen LogP contribution is 2.24. The molecule has 0 aromatic carbocycles. The first-order valence-corrected chi connectivity index (χ1v) is 5.54. The van der Waals surface area contributed by atoms with Gasteiger partial charge in [0.25, 0.3) is 0 Å². The third kappa shape index (κ3) is 3.51. The predicted octanol–water partition coefficient (Wildman–Crippen LogP) is 2.67. The molecule has 0 amide bonds. The van der Waals surface area contributed by atoms with E-state index in [0.717, 1.165) is 18.4 Å². The smallest absolute Gasteiger partial charge is 0.217 e. The molecule has 0 spiro atoms. The largest absolute Gasteiger partial charge is 0.481 e. The maximum Gasteiger partial charge on any atom is 0.217 e. The van der Waals surface area contributed by atoms with Gasteiger partial charge in [0.05, 0.1) is 7.11 Å². The number of hydrogen-bond acceptors (Lipinski definition) is 3. The van der Waals surface area contributed by atoms with Crippen LogP contribution in [0.15, 0.2) is 18.3 Å². The molecule has 0 saturated carbocycles. The lowest BCUT2D eigenvalue weighted by Crippen LogP contribution is -2.12. The molecule has 0 aliphatic heterocycles. The Bertz CT molecular complexity index is 289. The monoisotopic (exact) mass is 208 g/mol. The van der Waals surface area contributed by atoms with Gasteiger partial charge in [0.15, 0.2) is 0 Å². The molecule has 15 heavy (non-hydrogen) atoms. The van der Waals surface area contributed by atoms with E-state index in [1.165, 1.54) is 12.8 Å². The highest BCUT2D eigenvalue weighted by Gasteiger charge is 2.11. The highest BCUT2D eigenvalue weighted by molar-refractivity contribution is 5.28. The van der Waals surface area contributed by atoms with Crippen LogP contribution in [0.5, 0.6) is 5.88 Å². The Labute approximate surface area is 91.7 Å². The van der Waals surface area contributed by atoms with E-state index in [0.29, 0.717) is 5.88 Å². The van der Waals surface area contributed by atoms with Gasteiger partial charge in [-0.25, -0.2) is 4.98 Å². The fraction of sp³-hybridized carbons (Fsp3) is 0.583. The zero-order chi connectivity index (χ0) is 11.1. The summed E-state index contributed by atoms with van der Waals surface area (Å²) in [6.45, 7) is 2.19. The number of rotatable bonds is 6. The minimum Gasteiger partial charge on any atom is -0.481 e. The molecule has 0 saturated heterocycles. The molecular weight excluding hydrogens is 188 g/mol. The molecule has 1 unspecified atom stereocenters. The summed E-state index contributed by atoms with van der Waals surface area (Å²) in [7, 11) is 1.63. The first-order valence-electron chi connectivity index (χ1n) is 5.54. The van der Waals surface area contributed by atoms with Gasteiger partial charge in [0.2, 0.25) is 5.88 Å². The molecule has 0 aliphatic carbocycles. The first-order chi connectivity index (χ1) is 7.29. The number of nitrogens with zero attached hydrogens (tertiary/aromatic N) is 1. The van der Waals surface area contributed by atoms with Crippen molar-refractivity contribution in [3.8, 4) is 5.88 Å². The molecule has 3 heteroatoms. The van der Waals surface area contributed by atoms with Crippen LogP contribution < -0.4 is 10.5 Å². The summed E-state index contributed by atoms with van der Waals surface area (Å²) in [5.41, 5.74) is 7.10. The maximum atomic E-state index is 6.09. The Morgan fingerprint density at radius 3 is 2.93 bits per heavy atom. The average Bonchev–Trinajstić information content (AvgIpc) is 2.29. The minimum absolute atomic E-state index is 0.0419. The number of nitrogens with two attached hydrogens (primary N) is 1. The van der Waals surface area contributed by atoms with Crippen molar-refractivity contribution in [2.45, 2.75) is 38.6 Å². The fourth-order valence-electron chi connectivity index (χ4n) is 1.63. The standard InChI is InChI=1S/C12H20N2O/c1-3-4-5-8-11(13)10-7-6-9-14-12(10)15-2/h6-7,9,11H,3-5,8,13H2,1-2H3. The molecule has 0 aliphatic rings. The van der Waals surface area contributed by atoms with Crippen molar-refractivity contribution >= 4 is 0 Å². The molecule has 0 bridgehead atoms. The van der Waals surface area contributed by atoms with Crippen molar-refractivity contribution in [1.29, 1.82) is 0 Å².